The van der Waals surface area contributed by atoms with Crippen LogP contribution in [0.3, 0.4) is 0 Å². The van der Waals surface area contributed by atoms with Gasteiger partial charge in [0.15, 0.2) is 0 Å². The molecule has 0 rings (SSSR count). The number of halogens is 1. The summed E-state index contributed by atoms with van der Waals surface area (Å²) in [6.07, 6.45) is -50.7. The van der Waals surface area contributed by atoms with Crippen LogP contribution in [-0.4, -0.2) is 5.28 Å². The van der Waals surface area contributed by atoms with Gasteiger partial charge in [-0.25, -0.2) is 0 Å². The molecule has 0 unspecified atom stereocenters. The Morgan fingerprint density at radius 2 is 1.21 bits per heavy atom. The zero-order chi connectivity index (χ0) is 34.5. The van der Waals surface area contributed by atoms with E-state index in [1.807, 2.05) is 0 Å². The lowest BCUT2D eigenvalue weighted by atomic mass is 10.1. The van der Waals surface area contributed by atoms with E-state index in [1.54, 1.807) is 0 Å². The highest BCUT2D eigenvalue weighted by Gasteiger charge is 1.91. The van der Waals surface area contributed by atoms with Gasteiger partial charge in [0.2, 0.25) is 0 Å². The summed E-state index contributed by atoms with van der Waals surface area (Å²) >= 11 is 2.12. The minimum absolute atomic E-state index is 2.12. The molecule has 0 heterocycles. The second kappa shape index (κ2) is 13.5. The molecule has 0 aliphatic carbocycles. The van der Waals surface area contributed by atoms with Crippen LogP contribution in [0.5, 0.6) is 0 Å². The van der Waals surface area contributed by atoms with Crippen molar-refractivity contribution in [3.8, 4) is 0 Å². The number of alkyl halides is 1. The molecule has 0 aliphatic heterocycles. The lowest BCUT2D eigenvalue weighted by Gasteiger charge is -2.01. The summed E-state index contributed by atoms with van der Waals surface area (Å²) in [7, 11) is 0. The second-order valence-corrected chi connectivity index (χ2v) is 1.87. The van der Waals surface area contributed by atoms with E-state index in [2.05, 4.69) is 15.9 Å². The predicted octanol–water partition coefficient (Wildman–Crippen LogP) is 5.69. The molecule has 0 aliphatic rings. The molecule has 14 heavy (non-hydrogen) atoms. The molecule has 0 atom stereocenters. The van der Waals surface area contributed by atoms with Crippen LogP contribution < -0.4 is 0 Å². The Labute approximate surface area is 137 Å². The molecule has 0 fully saturated rings. The first-order valence-corrected chi connectivity index (χ1v) is 3.98. The molecule has 0 aromatic heterocycles. The molecule has 0 aromatic rings. The normalized spacial score (nSPS) is 52.5. The maximum absolute atomic E-state index is 8.05. The molecule has 0 saturated heterocycles. The fourth-order valence-corrected chi connectivity index (χ4v) is 0.404. The predicted molar refractivity (Wildman–Crippen MR) is 70.3 cm³/mol. The fourth-order valence-electron chi connectivity index (χ4n) is 0.305. The van der Waals surface area contributed by atoms with Gasteiger partial charge in [0.25, 0.3) is 0 Å². The summed E-state index contributed by atoms with van der Waals surface area (Å²) in [6, 6.07) is 0. The van der Waals surface area contributed by atoms with Crippen molar-refractivity contribution in [2.45, 2.75) is 77.0 Å². The summed E-state index contributed by atoms with van der Waals surface area (Å²) in [6.45, 7) is -4.02. The monoisotopic (exact) mass is 289 g/mol. The first-order valence-electron chi connectivity index (χ1n) is 16.7. The quantitative estimate of drug-likeness (QED) is 0.429. The molecule has 0 aromatic carbocycles. The van der Waals surface area contributed by atoms with Crippen LogP contribution in [0.4, 0.5) is 0 Å². The number of hydrogen-bond donors (Lipinski definition) is 0. The van der Waals surface area contributed by atoms with Crippen LogP contribution in [0.15, 0.2) is 0 Å². The molecule has 0 amide bonds. The van der Waals surface area contributed by atoms with Gasteiger partial charge in [-0.3, -0.25) is 0 Å². The van der Waals surface area contributed by atoms with Crippen LogP contribution in [0.1, 0.15) is 114 Å². The van der Waals surface area contributed by atoms with Crippen LogP contribution in [0.25, 0.3) is 0 Å². The maximum Gasteiger partial charge on any atom is 0.0387 e. The lowest BCUT2D eigenvalue weighted by molar-refractivity contribution is 0.555. The topological polar surface area (TPSA) is 0 Å². The van der Waals surface area contributed by atoms with Crippen molar-refractivity contribution in [1.82, 2.24) is 0 Å². The van der Waals surface area contributed by atoms with Crippen LogP contribution >= 0.6 is 15.9 Å². The third kappa shape index (κ3) is 12.5. The summed E-state index contributed by atoms with van der Waals surface area (Å²) in [5.74, 6) is 0. The van der Waals surface area contributed by atoms with Crippen molar-refractivity contribution in [3.63, 3.8) is 0 Å². The standard InChI is InChI=1S/C13H27Br/c1-2-3-4-5-6-7-8-9-10-11-12-13-14/h2-13H2,1H3/i1D3,2D2,3D2,4D2,5D2,6D2,7D2,8D2,9D2,10D2,11D2,12D2,13D2. The van der Waals surface area contributed by atoms with Gasteiger partial charge < -0.3 is 0 Å². The first-order chi connectivity index (χ1) is 17.0. The number of hydrogen-bond acceptors (Lipinski definition) is 0. The Kier molecular flexibility index (Phi) is 1.55. The molecule has 0 bridgehead atoms. The van der Waals surface area contributed by atoms with Gasteiger partial charge in [0.05, 0.1) is 0 Å². The van der Waals surface area contributed by atoms with Gasteiger partial charge in [-0.2, -0.15) is 0 Å². The van der Waals surface area contributed by atoms with E-state index in [0.717, 1.165) is 0 Å². The maximum atomic E-state index is 8.05. The van der Waals surface area contributed by atoms with Crippen molar-refractivity contribution >= 4 is 15.9 Å². The summed E-state index contributed by atoms with van der Waals surface area (Å²) in [5.41, 5.74) is 0. The zero-order valence-corrected chi connectivity index (χ0v) is 8.46. The van der Waals surface area contributed by atoms with Crippen molar-refractivity contribution < 1.29 is 37.0 Å². The Morgan fingerprint density at radius 3 is 1.64 bits per heavy atom. The van der Waals surface area contributed by atoms with Crippen LogP contribution in [0.2, 0.25) is 0 Å². The smallest absolute Gasteiger partial charge is 0.0387 e. The van der Waals surface area contributed by atoms with E-state index in [-0.39, 0.29) is 0 Å². The third-order valence-corrected chi connectivity index (χ3v) is 0.870. The van der Waals surface area contributed by atoms with Gasteiger partial charge in [0, 0.05) is 42.3 Å². The Bertz CT molecular complexity index is 885. The lowest BCUT2D eigenvalue weighted by Crippen LogP contribution is -1.82. The molecule has 1 heteroatoms. The van der Waals surface area contributed by atoms with Gasteiger partial charge in [-0.1, -0.05) is 86.5 Å². The van der Waals surface area contributed by atoms with Crippen molar-refractivity contribution in [2.75, 3.05) is 5.28 Å². The minimum atomic E-state index is -4.87. The van der Waals surface area contributed by atoms with Crippen LogP contribution in [0, 0.1) is 0 Å². The SMILES string of the molecule is [2H]C([2H])([2H])C([2H])([2H])C([2H])([2H])C([2H])([2H])C([2H])([2H])C([2H])([2H])C([2H])([2H])C([2H])([2H])C([2H])([2H])C([2H])([2H])C([2H])([2H])C([2H])([2H])C([2H])([2H])Br. The van der Waals surface area contributed by atoms with Crippen molar-refractivity contribution in [3.05, 3.63) is 0 Å². The molecule has 0 radical (unpaired) electrons. The van der Waals surface area contributed by atoms with Gasteiger partial charge in [-0.15, -0.1) is 0 Å². The molecular formula is C13H27Br. The molecule has 0 N–H and O–H groups in total. The zero-order valence-electron chi connectivity index (χ0n) is 33.9. The largest absolute Gasteiger partial charge is 0.0928 e. The van der Waals surface area contributed by atoms with E-state index >= 15 is 0 Å². The Hall–Kier alpha value is 0.480. The third-order valence-electron chi connectivity index (χ3n) is 0.672. The Balaban J connectivity index is 7.41. The highest BCUT2D eigenvalue weighted by Crippen LogP contribution is 2.11. The van der Waals surface area contributed by atoms with Crippen molar-refractivity contribution in [2.24, 2.45) is 0 Å². The van der Waals surface area contributed by atoms with E-state index in [9.17, 15) is 0 Å². The molecule has 0 spiro atoms. The molecule has 0 nitrogen and oxygen atoms in total. The van der Waals surface area contributed by atoms with E-state index < -0.39 is 82.2 Å². The van der Waals surface area contributed by atoms with Gasteiger partial charge in [-0.05, 0) is 6.37 Å². The number of rotatable bonds is 11. The fraction of sp³-hybridized carbons (Fsp3) is 1.00. The summed E-state index contributed by atoms with van der Waals surface area (Å²) < 4.78 is 210. The van der Waals surface area contributed by atoms with Crippen LogP contribution in [-0.2, 0) is 0 Å². The minimum Gasteiger partial charge on any atom is -0.0928 e. The molecule has 0 saturated carbocycles. The summed E-state index contributed by atoms with van der Waals surface area (Å²) in [5, 5.41) is -3.46. The highest BCUT2D eigenvalue weighted by molar-refractivity contribution is 9.09. The summed E-state index contributed by atoms with van der Waals surface area (Å²) in [4.78, 5) is 0. The molecular weight excluding hydrogens is 236 g/mol. The van der Waals surface area contributed by atoms with E-state index in [4.69, 9.17) is 37.0 Å². The van der Waals surface area contributed by atoms with Crippen molar-refractivity contribution in [1.29, 1.82) is 0 Å². The average Bonchev–Trinajstić information content (AvgIpc) is 2.70. The van der Waals surface area contributed by atoms with E-state index in [0.29, 0.717) is 0 Å². The van der Waals surface area contributed by atoms with E-state index in [1.165, 1.54) is 0 Å². The highest BCUT2D eigenvalue weighted by atomic mass is 79.9. The second-order valence-electron chi connectivity index (χ2n) is 1.47. The van der Waals surface area contributed by atoms with Gasteiger partial charge in [0.1, 0.15) is 0 Å². The average molecular weight is 290 g/mol. The molecule has 86 valence electrons. The first kappa shape index (κ1) is 1.61. The Morgan fingerprint density at radius 1 is 0.786 bits per heavy atom. The van der Waals surface area contributed by atoms with Gasteiger partial charge >= 0.3 is 0 Å².